The van der Waals surface area contributed by atoms with Crippen LogP contribution < -0.4 is 5.32 Å². The minimum Gasteiger partial charge on any atom is -0.478 e. The van der Waals surface area contributed by atoms with Crippen molar-refractivity contribution >= 4 is 17.7 Å². The quantitative estimate of drug-likeness (QED) is 0.478. The molecule has 1 aromatic heterocycles. The Bertz CT molecular complexity index is 483. The third-order valence-corrected chi connectivity index (χ3v) is 3.34. The summed E-state index contributed by atoms with van der Waals surface area (Å²) in [5.41, 5.74) is 0.106. The van der Waals surface area contributed by atoms with E-state index in [2.05, 4.69) is 16.9 Å². The van der Waals surface area contributed by atoms with Crippen LogP contribution in [0.5, 0.6) is 0 Å². The number of unbranched alkanes of at least 4 members (excludes halogenated alkanes) is 6. The molecule has 120 valence electrons. The van der Waals surface area contributed by atoms with Gasteiger partial charge in [0, 0.05) is 12.6 Å². The van der Waals surface area contributed by atoms with Gasteiger partial charge in [-0.05, 0) is 31.4 Å². The molecule has 1 rings (SSSR count). The molecule has 1 heterocycles. The lowest BCUT2D eigenvalue weighted by molar-refractivity contribution is -0.116. The summed E-state index contributed by atoms with van der Waals surface area (Å²) in [5, 5.41) is 11.4. The number of carbonyl (C=O) groups is 2. The van der Waals surface area contributed by atoms with E-state index in [4.69, 9.17) is 5.11 Å². The first kappa shape index (κ1) is 17.9. The SMILES string of the molecule is C=CCCCCCCCCC(=O)Nc1ccc(C(=O)O)cn1. The van der Waals surface area contributed by atoms with Gasteiger partial charge in [0.25, 0.3) is 0 Å². The highest BCUT2D eigenvalue weighted by Crippen LogP contribution is 2.10. The maximum atomic E-state index is 11.7. The molecule has 1 aromatic rings. The Morgan fingerprint density at radius 3 is 2.41 bits per heavy atom. The van der Waals surface area contributed by atoms with Gasteiger partial charge < -0.3 is 10.4 Å². The smallest absolute Gasteiger partial charge is 0.337 e. The number of carbonyl (C=O) groups excluding carboxylic acids is 1. The second-order valence-corrected chi connectivity index (χ2v) is 5.23. The summed E-state index contributed by atoms with van der Waals surface area (Å²) in [7, 11) is 0. The van der Waals surface area contributed by atoms with Crippen LogP contribution in [0.1, 0.15) is 61.7 Å². The largest absolute Gasteiger partial charge is 0.478 e. The van der Waals surface area contributed by atoms with E-state index < -0.39 is 5.97 Å². The maximum Gasteiger partial charge on any atom is 0.337 e. The predicted octanol–water partition coefficient (Wildman–Crippen LogP) is 4.03. The Morgan fingerprint density at radius 1 is 1.14 bits per heavy atom. The van der Waals surface area contributed by atoms with E-state index in [0.29, 0.717) is 12.2 Å². The van der Waals surface area contributed by atoms with E-state index in [-0.39, 0.29) is 11.5 Å². The van der Waals surface area contributed by atoms with Crippen LogP contribution in [0.25, 0.3) is 0 Å². The van der Waals surface area contributed by atoms with Crippen molar-refractivity contribution in [3.05, 3.63) is 36.5 Å². The summed E-state index contributed by atoms with van der Waals surface area (Å²) in [4.78, 5) is 26.3. The zero-order valence-electron chi connectivity index (χ0n) is 12.9. The van der Waals surface area contributed by atoms with Gasteiger partial charge >= 0.3 is 5.97 Å². The van der Waals surface area contributed by atoms with Gasteiger partial charge in [-0.2, -0.15) is 0 Å². The highest BCUT2D eigenvalue weighted by molar-refractivity contribution is 5.91. The third-order valence-electron chi connectivity index (χ3n) is 3.34. The molecule has 0 aliphatic rings. The number of hydrogen-bond donors (Lipinski definition) is 2. The van der Waals surface area contributed by atoms with Crippen LogP contribution in [-0.4, -0.2) is 22.0 Å². The molecule has 0 spiro atoms. The average Bonchev–Trinajstić information content (AvgIpc) is 2.50. The number of aromatic carboxylic acids is 1. The predicted molar refractivity (Wildman–Crippen MR) is 87.0 cm³/mol. The van der Waals surface area contributed by atoms with Crippen LogP contribution in [0.15, 0.2) is 31.0 Å². The second-order valence-electron chi connectivity index (χ2n) is 5.23. The normalized spacial score (nSPS) is 10.2. The van der Waals surface area contributed by atoms with E-state index in [9.17, 15) is 9.59 Å². The molecule has 0 unspecified atom stereocenters. The van der Waals surface area contributed by atoms with Gasteiger partial charge in [0.1, 0.15) is 5.82 Å². The number of carboxylic acids is 1. The number of pyridine rings is 1. The Balaban J connectivity index is 2.13. The van der Waals surface area contributed by atoms with E-state index >= 15 is 0 Å². The van der Waals surface area contributed by atoms with Crippen LogP contribution in [0, 0.1) is 0 Å². The van der Waals surface area contributed by atoms with Crippen molar-refractivity contribution in [1.82, 2.24) is 4.98 Å². The zero-order chi connectivity index (χ0) is 16.2. The van der Waals surface area contributed by atoms with Crippen molar-refractivity contribution in [2.45, 2.75) is 51.4 Å². The number of aromatic nitrogens is 1. The van der Waals surface area contributed by atoms with Crippen molar-refractivity contribution in [1.29, 1.82) is 0 Å². The van der Waals surface area contributed by atoms with Crippen molar-refractivity contribution in [3.8, 4) is 0 Å². The number of nitrogens with zero attached hydrogens (tertiary/aromatic N) is 1. The van der Waals surface area contributed by atoms with Crippen LogP contribution in [-0.2, 0) is 4.79 Å². The van der Waals surface area contributed by atoms with E-state index in [1.807, 2.05) is 6.08 Å². The molecule has 0 saturated heterocycles. The van der Waals surface area contributed by atoms with Crippen molar-refractivity contribution in [2.24, 2.45) is 0 Å². The summed E-state index contributed by atoms with van der Waals surface area (Å²) in [6, 6.07) is 2.93. The first-order valence-electron chi connectivity index (χ1n) is 7.73. The first-order chi connectivity index (χ1) is 10.6. The van der Waals surface area contributed by atoms with Crippen LogP contribution in [0.4, 0.5) is 5.82 Å². The number of anilines is 1. The molecule has 0 aliphatic heterocycles. The van der Waals surface area contributed by atoms with Gasteiger partial charge in [0.15, 0.2) is 0 Å². The average molecular weight is 304 g/mol. The molecule has 22 heavy (non-hydrogen) atoms. The molecule has 2 N–H and O–H groups in total. The molecule has 0 bridgehead atoms. The fourth-order valence-corrected chi connectivity index (χ4v) is 2.08. The molecular weight excluding hydrogens is 280 g/mol. The number of carboxylic acid groups (broad SMARTS) is 1. The van der Waals surface area contributed by atoms with Gasteiger partial charge in [0.05, 0.1) is 5.56 Å². The molecule has 1 amide bonds. The lowest BCUT2D eigenvalue weighted by atomic mass is 10.1. The van der Waals surface area contributed by atoms with E-state index in [1.54, 1.807) is 0 Å². The molecule has 0 atom stereocenters. The molecule has 5 heteroatoms. The lowest BCUT2D eigenvalue weighted by Gasteiger charge is -2.05. The second kappa shape index (κ2) is 10.5. The number of amides is 1. The van der Waals surface area contributed by atoms with Gasteiger partial charge in [-0.25, -0.2) is 9.78 Å². The van der Waals surface area contributed by atoms with Gasteiger partial charge in [-0.1, -0.05) is 31.8 Å². The Hall–Kier alpha value is -2.17. The number of hydrogen-bond acceptors (Lipinski definition) is 3. The Morgan fingerprint density at radius 2 is 1.82 bits per heavy atom. The minimum absolute atomic E-state index is 0.0813. The Kier molecular flexibility index (Phi) is 8.57. The topological polar surface area (TPSA) is 79.3 Å². The summed E-state index contributed by atoms with van der Waals surface area (Å²) in [6.45, 7) is 3.70. The van der Waals surface area contributed by atoms with Gasteiger partial charge in [0.2, 0.25) is 5.91 Å². The number of allylic oxidation sites excluding steroid dienone is 1. The molecule has 5 nitrogen and oxygen atoms in total. The third kappa shape index (κ3) is 7.57. The van der Waals surface area contributed by atoms with Crippen molar-refractivity contribution in [2.75, 3.05) is 5.32 Å². The maximum absolute atomic E-state index is 11.7. The van der Waals surface area contributed by atoms with E-state index in [1.165, 1.54) is 37.6 Å². The number of nitrogens with one attached hydrogen (secondary N) is 1. The zero-order valence-corrected chi connectivity index (χ0v) is 12.9. The summed E-state index contributed by atoms with van der Waals surface area (Å²) in [6.07, 6.45) is 11.4. The molecule has 0 aromatic carbocycles. The van der Waals surface area contributed by atoms with Gasteiger partial charge in [-0.3, -0.25) is 4.79 Å². The standard InChI is InChI=1S/C17H24N2O3/c1-2-3-4-5-6-7-8-9-10-16(20)19-15-12-11-14(13-18-15)17(21)22/h2,11-13H,1,3-10H2,(H,21,22)(H,18,19,20). The van der Waals surface area contributed by atoms with Crippen LogP contribution >= 0.6 is 0 Å². The number of rotatable bonds is 11. The summed E-state index contributed by atoms with van der Waals surface area (Å²) >= 11 is 0. The highest BCUT2D eigenvalue weighted by atomic mass is 16.4. The fourth-order valence-electron chi connectivity index (χ4n) is 2.08. The van der Waals surface area contributed by atoms with Crippen molar-refractivity contribution < 1.29 is 14.7 Å². The highest BCUT2D eigenvalue weighted by Gasteiger charge is 2.06. The Labute approximate surface area is 131 Å². The van der Waals surface area contributed by atoms with E-state index in [0.717, 1.165) is 25.7 Å². The van der Waals surface area contributed by atoms with Crippen LogP contribution in [0.3, 0.4) is 0 Å². The van der Waals surface area contributed by atoms with Crippen LogP contribution in [0.2, 0.25) is 0 Å². The molecule has 0 fully saturated rings. The molecule has 0 radical (unpaired) electrons. The lowest BCUT2D eigenvalue weighted by Crippen LogP contribution is -2.12. The van der Waals surface area contributed by atoms with Gasteiger partial charge in [-0.15, -0.1) is 6.58 Å². The fraction of sp³-hybridized carbons (Fsp3) is 0.471. The molecule has 0 aliphatic carbocycles. The molecule has 0 saturated carbocycles. The summed E-state index contributed by atoms with van der Waals surface area (Å²) < 4.78 is 0. The monoisotopic (exact) mass is 304 g/mol. The van der Waals surface area contributed by atoms with Crippen molar-refractivity contribution in [3.63, 3.8) is 0 Å². The summed E-state index contributed by atoms with van der Waals surface area (Å²) in [5.74, 6) is -0.722. The molecular formula is C17H24N2O3. The minimum atomic E-state index is -1.03. The first-order valence-corrected chi connectivity index (χ1v) is 7.73.